The first-order valence-electron chi connectivity index (χ1n) is 11.9. The van der Waals surface area contributed by atoms with Gasteiger partial charge in [-0.3, -0.25) is 4.79 Å². The van der Waals surface area contributed by atoms with Gasteiger partial charge in [0.05, 0.1) is 0 Å². The SMILES string of the molecule is C=C(N=C/C=C(\N)c1ccc(NC(=O)CCC)cc1)Nc1ccc(N2CCN(CC)CC2)cc1. The van der Waals surface area contributed by atoms with Gasteiger partial charge in [0.2, 0.25) is 5.91 Å². The largest absolute Gasteiger partial charge is 0.398 e. The highest BCUT2D eigenvalue weighted by atomic mass is 16.1. The van der Waals surface area contributed by atoms with Crippen molar-refractivity contribution in [2.45, 2.75) is 26.7 Å². The maximum Gasteiger partial charge on any atom is 0.224 e. The van der Waals surface area contributed by atoms with Crippen LogP contribution >= 0.6 is 0 Å². The number of carbonyl (C=O) groups is 1. The van der Waals surface area contributed by atoms with Crippen LogP contribution in [0.25, 0.3) is 5.70 Å². The second kappa shape index (κ2) is 12.6. The fourth-order valence-electron chi connectivity index (χ4n) is 3.78. The summed E-state index contributed by atoms with van der Waals surface area (Å²) in [6.45, 7) is 13.6. The molecule has 1 amide bonds. The number of nitrogens with two attached hydrogens (primary N) is 1. The molecule has 2 aromatic rings. The van der Waals surface area contributed by atoms with E-state index in [1.54, 1.807) is 12.3 Å². The number of rotatable bonds is 10. The topological polar surface area (TPSA) is 86.0 Å². The van der Waals surface area contributed by atoms with Crippen molar-refractivity contribution in [1.82, 2.24) is 4.90 Å². The molecule has 180 valence electrons. The average molecular weight is 461 g/mol. The number of aliphatic imine (C=N–C) groups is 1. The molecule has 2 aromatic carbocycles. The first kappa shape index (κ1) is 25.1. The Labute approximate surface area is 203 Å². The predicted molar refractivity (Wildman–Crippen MR) is 144 cm³/mol. The Morgan fingerprint density at radius 2 is 1.62 bits per heavy atom. The molecule has 0 aliphatic carbocycles. The number of allylic oxidation sites excluding steroid dienone is 1. The molecular weight excluding hydrogens is 424 g/mol. The van der Waals surface area contributed by atoms with Crippen LogP contribution in [0.4, 0.5) is 17.1 Å². The van der Waals surface area contributed by atoms with Crippen molar-refractivity contribution in [1.29, 1.82) is 0 Å². The van der Waals surface area contributed by atoms with Crippen LogP contribution in [0.2, 0.25) is 0 Å². The molecule has 1 aliphatic heterocycles. The normalized spacial score (nSPS) is 14.9. The number of nitrogens with zero attached hydrogens (tertiary/aromatic N) is 3. The minimum Gasteiger partial charge on any atom is -0.398 e. The molecule has 0 bridgehead atoms. The number of piperazine rings is 1. The summed E-state index contributed by atoms with van der Waals surface area (Å²) in [6, 6.07) is 15.8. The zero-order valence-corrected chi connectivity index (χ0v) is 20.3. The summed E-state index contributed by atoms with van der Waals surface area (Å²) in [7, 11) is 0. The van der Waals surface area contributed by atoms with Crippen LogP contribution in [0.3, 0.4) is 0 Å². The van der Waals surface area contributed by atoms with Crippen LogP contribution in [0.5, 0.6) is 0 Å². The van der Waals surface area contributed by atoms with Gasteiger partial charge >= 0.3 is 0 Å². The Bertz CT molecular complexity index is 1000. The Balaban J connectivity index is 1.49. The van der Waals surface area contributed by atoms with Crippen molar-refractivity contribution in [2.24, 2.45) is 10.7 Å². The average Bonchev–Trinajstić information content (AvgIpc) is 2.85. The number of hydrogen-bond donors (Lipinski definition) is 3. The minimum absolute atomic E-state index is 0.0151. The fraction of sp³-hybridized carbons (Fsp3) is 0.333. The number of amides is 1. The highest BCUT2D eigenvalue weighted by Crippen LogP contribution is 2.20. The summed E-state index contributed by atoms with van der Waals surface area (Å²) >= 11 is 0. The lowest BCUT2D eigenvalue weighted by atomic mass is 10.1. The van der Waals surface area contributed by atoms with E-state index in [0.29, 0.717) is 17.9 Å². The number of carbonyl (C=O) groups excluding carboxylic acids is 1. The first-order chi connectivity index (χ1) is 16.5. The third-order valence-electron chi connectivity index (χ3n) is 5.80. The lowest BCUT2D eigenvalue weighted by molar-refractivity contribution is -0.116. The van der Waals surface area contributed by atoms with Crippen LogP contribution in [-0.2, 0) is 4.79 Å². The highest BCUT2D eigenvalue weighted by Gasteiger charge is 2.15. The summed E-state index contributed by atoms with van der Waals surface area (Å²) in [4.78, 5) is 20.9. The van der Waals surface area contributed by atoms with E-state index in [9.17, 15) is 4.79 Å². The molecule has 0 radical (unpaired) electrons. The smallest absolute Gasteiger partial charge is 0.224 e. The monoisotopic (exact) mass is 460 g/mol. The number of hydrogen-bond acceptors (Lipinski definition) is 6. The van der Waals surface area contributed by atoms with Crippen LogP contribution < -0.4 is 21.3 Å². The van der Waals surface area contributed by atoms with E-state index < -0.39 is 0 Å². The van der Waals surface area contributed by atoms with Gasteiger partial charge in [-0.2, -0.15) is 0 Å². The van der Waals surface area contributed by atoms with Crippen LogP contribution in [0, 0.1) is 0 Å². The van der Waals surface area contributed by atoms with Gasteiger partial charge in [-0.05, 0) is 61.0 Å². The Hall–Kier alpha value is -3.58. The molecule has 7 nitrogen and oxygen atoms in total. The molecule has 1 heterocycles. The summed E-state index contributed by atoms with van der Waals surface area (Å²) < 4.78 is 0. The standard InChI is InChI=1S/C27H36N6O/c1-4-6-27(34)31-24-9-7-22(8-10-24)26(28)15-16-29-21(3)30-23-11-13-25(14-12-23)33-19-17-32(5-2)18-20-33/h7-16,30H,3-6,17-20,28H2,1-2H3,(H,31,34)/b26-15-,29-16?. The number of anilines is 3. The van der Waals surface area contributed by atoms with E-state index >= 15 is 0 Å². The minimum atomic E-state index is 0.0151. The van der Waals surface area contributed by atoms with Gasteiger partial charge in [0.25, 0.3) is 0 Å². The molecule has 0 atom stereocenters. The van der Waals surface area contributed by atoms with Crippen LogP contribution in [0.1, 0.15) is 32.3 Å². The van der Waals surface area contributed by atoms with E-state index in [1.165, 1.54) is 5.69 Å². The lowest BCUT2D eigenvalue weighted by Crippen LogP contribution is -2.46. The second-order valence-electron chi connectivity index (χ2n) is 8.32. The Morgan fingerprint density at radius 3 is 2.24 bits per heavy atom. The lowest BCUT2D eigenvalue weighted by Gasteiger charge is -2.35. The van der Waals surface area contributed by atoms with E-state index in [0.717, 1.165) is 56.1 Å². The molecular formula is C27H36N6O. The van der Waals surface area contributed by atoms with Gasteiger partial charge in [0, 0.05) is 61.6 Å². The van der Waals surface area contributed by atoms with Gasteiger partial charge < -0.3 is 26.2 Å². The quantitative estimate of drug-likeness (QED) is 0.454. The summed E-state index contributed by atoms with van der Waals surface area (Å²) in [5.41, 5.74) is 10.5. The van der Waals surface area contributed by atoms with Crippen molar-refractivity contribution in [3.8, 4) is 0 Å². The zero-order valence-electron chi connectivity index (χ0n) is 20.3. The maximum absolute atomic E-state index is 11.7. The molecule has 7 heteroatoms. The van der Waals surface area contributed by atoms with Crippen molar-refractivity contribution >= 4 is 34.9 Å². The summed E-state index contributed by atoms with van der Waals surface area (Å²) in [5.74, 6) is 0.545. The molecule has 3 rings (SSSR count). The molecule has 0 aromatic heterocycles. The van der Waals surface area contributed by atoms with Gasteiger partial charge in [-0.15, -0.1) is 0 Å². The Kier molecular flexibility index (Phi) is 9.29. The third-order valence-corrected chi connectivity index (χ3v) is 5.80. The van der Waals surface area contributed by atoms with Gasteiger partial charge in [-0.25, -0.2) is 4.99 Å². The number of benzene rings is 2. The third kappa shape index (κ3) is 7.49. The van der Waals surface area contributed by atoms with Gasteiger partial charge in [0.15, 0.2) is 0 Å². The van der Waals surface area contributed by atoms with Crippen molar-refractivity contribution < 1.29 is 4.79 Å². The van der Waals surface area contributed by atoms with Crippen LogP contribution in [0.15, 0.2) is 72.0 Å². The second-order valence-corrected chi connectivity index (χ2v) is 8.32. The fourth-order valence-corrected chi connectivity index (χ4v) is 3.78. The van der Waals surface area contributed by atoms with E-state index in [1.807, 2.05) is 43.3 Å². The molecule has 1 aliphatic rings. The van der Waals surface area contributed by atoms with Gasteiger partial charge in [0.1, 0.15) is 5.82 Å². The van der Waals surface area contributed by atoms with Crippen molar-refractivity contribution in [3.05, 3.63) is 72.6 Å². The molecule has 0 saturated carbocycles. The first-order valence-corrected chi connectivity index (χ1v) is 11.9. The number of nitrogens with one attached hydrogen (secondary N) is 2. The predicted octanol–water partition coefficient (Wildman–Crippen LogP) is 4.52. The zero-order chi connectivity index (χ0) is 24.3. The molecule has 34 heavy (non-hydrogen) atoms. The maximum atomic E-state index is 11.7. The molecule has 1 saturated heterocycles. The van der Waals surface area contributed by atoms with Crippen molar-refractivity contribution in [3.63, 3.8) is 0 Å². The molecule has 0 unspecified atom stereocenters. The number of likely N-dealkylation sites (N-methyl/N-ethyl adjacent to an activating group) is 1. The van der Waals surface area contributed by atoms with Gasteiger partial charge in [-0.1, -0.05) is 32.6 Å². The van der Waals surface area contributed by atoms with Crippen molar-refractivity contribution in [2.75, 3.05) is 48.3 Å². The van der Waals surface area contributed by atoms with E-state index in [2.05, 4.69) is 51.1 Å². The summed E-state index contributed by atoms with van der Waals surface area (Å²) in [6.07, 6.45) is 4.69. The van der Waals surface area contributed by atoms with E-state index in [-0.39, 0.29) is 5.91 Å². The molecule has 0 spiro atoms. The molecule has 1 fully saturated rings. The van der Waals surface area contributed by atoms with E-state index in [4.69, 9.17) is 5.73 Å². The summed E-state index contributed by atoms with van der Waals surface area (Å²) in [5, 5.41) is 6.07. The highest BCUT2D eigenvalue weighted by molar-refractivity contribution is 5.91. The Morgan fingerprint density at radius 1 is 1.00 bits per heavy atom. The van der Waals surface area contributed by atoms with Crippen LogP contribution in [-0.4, -0.2) is 49.7 Å². The molecule has 4 N–H and O–H groups in total.